The molecule has 1 aromatic heterocycles. The topological polar surface area (TPSA) is 12.0 Å². The van der Waals surface area contributed by atoms with Crippen molar-refractivity contribution in [3.8, 4) is 0 Å². The van der Waals surface area contributed by atoms with Gasteiger partial charge in [0.05, 0.1) is 6.04 Å². The first-order chi connectivity index (χ1) is 10.3. The van der Waals surface area contributed by atoms with Crippen LogP contribution in [-0.4, -0.2) is 6.54 Å². The van der Waals surface area contributed by atoms with Gasteiger partial charge in [0.15, 0.2) is 0 Å². The summed E-state index contributed by atoms with van der Waals surface area (Å²) in [4.78, 5) is 0. The molecule has 3 rings (SSSR count). The molecule has 0 fully saturated rings. The highest BCUT2D eigenvalue weighted by Crippen LogP contribution is 2.32. The predicted molar refractivity (Wildman–Crippen MR) is 88.4 cm³/mol. The minimum absolute atomic E-state index is 0.105. The number of benzene rings is 2. The molecule has 21 heavy (non-hydrogen) atoms. The van der Waals surface area contributed by atoms with E-state index in [4.69, 9.17) is 0 Å². The van der Waals surface area contributed by atoms with E-state index >= 15 is 0 Å². The molecular weight excluding hydrogens is 281 g/mol. The number of hydrogen-bond acceptors (Lipinski definition) is 2. The average molecular weight is 299 g/mol. The van der Waals surface area contributed by atoms with Crippen LogP contribution in [-0.2, 0) is 0 Å². The number of hydrogen-bond donors (Lipinski definition) is 1. The summed E-state index contributed by atoms with van der Waals surface area (Å²) in [6.07, 6.45) is 1.07. The van der Waals surface area contributed by atoms with E-state index in [1.165, 1.54) is 27.8 Å². The van der Waals surface area contributed by atoms with Gasteiger partial charge >= 0.3 is 0 Å². The summed E-state index contributed by atoms with van der Waals surface area (Å²) < 4.78 is 14.5. The Morgan fingerprint density at radius 2 is 1.90 bits per heavy atom. The Morgan fingerprint density at radius 1 is 1.10 bits per heavy atom. The SMILES string of the molecule is CCCNC(c1ccc(F)cc1)c1cccc2ccsc12. The van der Waals surface area contributed by atoms with Crippen molar-refractivity contribution in [3.63, 3.8) is 0 Å². The van der Waals surface area contributed by atoms with Gasteiger partial charge in [-0.2, -0.15) is 0 Å². The van der Waals surface area contributed by atoms with Crippen molar-refractivity contribution in [2.45, 2.75) is 19.4 Å². The lowest BCUT2D eigenvalue weighted by Crippen LogP contribution is -2.23. The van der Waals surface area contributed by atoms with Gasteiger partial charge in [0.2, 0.25) is 0 Å². The van der Waals surface area contributed by atoms with Crippen molar-refractivity contribution < 1.29 is 4.39 Å². The highest BCUT2D eigenvalue weighted by molar-refractivity contribution is 7.17. The molecule has 0 saturated heterocycles. The molecule has 0 aliphatic carbocycles. The summed E-state index contributed by atoms with van der Waals surface area (Å²) in [5.74, 6) is -0.192. The van der Waals surface area contributed by atoms with E-state index in [9.17, 15) is 4.39 Å². The van der Waals surface area contributed by atoms with Gasteiger partial charge in [0.1, 0.15) is 5.82 Å². The lowest BCUT2D eigenvalue weighted by Gasteiger charge is -2.20. The smallest absolute Gasteiger partial charge is 0.123 e. The fourth-order valence-corrected chi connectivity index (χ4v) is 3.54. The zero-order valence-corrected chi connectivity index (χ0v) is 12.8. The standard InChI is InChI=1S/C18H18FNS/c1-2-11-20-17(13-6-8-15(19)9-7-13)16-5-3-4-14-10-12-21-18(14)16/h3-10,12,17,20H,2,11H2,1H3. The van der Waals surface area contributed by atoms with E-state index in [-0.39, 0.29) is 11.9 Å². The fraction of sp³-hybridized carbons (Fsp3) is 0.222. The molecule has 0 radical (unpaired) electrons. The zero-order chi connectivity index (χ0) is 14.7. The summed E-state index contributed by atoms with van der Waals surface area (Å²) >= 11 is 1.76. The van der Waals surface area contributed by atoms with E-state index in [0.717, 1.165) is 18.5 Å². The van der Waals surface area contributed by atoms with Crippen molar-refractivity contribution in [3.05, 3.63) is 70.9 Å². The molecule has 1 atom stereocenters. The van der Waals surface area contributed by atoms with Gasteiger partial charge in [-0.25, -0.2) is 4.39 Å². The van der Waals surface area contributed by atoms with E-state index in [0.29, 0.717) is 0 Å². The minimum Gasteiger partial charge on any atom is -0.306 e. The van der Waals surface area contributed by atoms with Crippen LogP contribution >= 0.6 is 11.3 Å². The number of nitrogens with one attached hydrogen (secondary N) is 1. The highest BCUT2D eigenvalue weighted by atomic mass is 32.1. The van der Waals surface area contributed by atoms with Gasteiger partial charge in [-0.05, 0) is 53.1 Å². The molecule has 0 aliphatic heterocycles. The first kappa shape index (κ1) is 14.2. The molecule has 1 unspecified atom stereocenters. The molecule has 1 nitrogen and oxygen atoms in total. The summed E-state index contributed by atoms with van der Waals surface area (Å²) in [5, 5.41) is 6.97. The molecule has 108 valence electrons. The molecule has 1 heterocycles. The Hall–Kier alpha value is -1.71. The van der Waals surface area contributed by atoms with Crippen molar-refractivity contribution in [1.82, 2.24) is 5.32 Å². The van der Waals surface area contributed by atoms with Crippen LogP contribution in [0.15, 0.2) is 53.9 Å². The third-order valence-corrected chi connectivity index (χ3v) is 4.60. The largest absolute Gasteiger partial charge is 0.306 e. The van der Waals surface area contributed by atoms with Crippen molar-refractivity contribution in [2.24, 2.45) is 0 Å². The van der Waals surface area contributed by atoms with Crippen LogP contribution < -0.4 is 5.32 Å². The van der Waals surface area contributed by atoms with E-state index in [1.54, 1.807) is 11.3 Å². The summed E-state index contributed by atoms with van der Waals surface area (Å²) in [7, 11) is 0. The Bertz CT molecular complexity index is 717. The van der Waals surface area contributed by atoms with E-state index in [2.05, 4.69) is 41.9 Å². The van der Waals surface area contributed by atoms with Crippen LogP contribution in [0.1, 0.15) is 30.5 Å². The van der Waals surface area contributed by atoms with Crippen molar-refractivity contribution in [2.75, 3.05) is 6.54 Å². The van der Waals surface area contributed by atoms with E-state index in [1.807, 2.05) is 12.1 Å². The molecule has 3 heteroatoms. The predicted octanol–water partition coefficient (Wildman–Crippen LogP) is 5.13. The van der Waals surface area contributed by atoms with Gasteiger partial charge in [0.25, 0.3) is 0 Å². The first-order valence-corrected chi connectivity index (χ1v) is 8.12. The lowest BCUT2D eigenvalue weighted by atomic mass is 9.97. The zero-order valence-electron chi connectivity index (χ0n) is 12.0. The Balaban J connectivity index is 2.06. The Kier molecular flexibility index (Phi) is 4.32. The number of fused-ring (bicyclic) bond motifs is 1. The van der Waals surface area contributed by atoms with Gasteiger partial charge in [-0.15, -0.1) is 11.3 Å². The second-order valence-electron chi connectivity index (χ2n) is 5.12. The molecule has 0 amide bonds. The molecular formula is C18H18FNS. The van der Waals surface area contributed by atoms with Crippen molar-refractivity contribution >= 4 is 21.4 Å². The first-order valence-electron chi connectivity index (χ1n) is 7.24. The van der Waals surface area contributed by atoms with Crippen LogP contribution in [0.5, 0.6) is 0 Å². The molecule has 3 aromatic rings. The van der Waals surface area contributed by atoms with Crippen LogP contribution in [0.25, 0.3) is 10.1 Å². The second-order valence-corrected chi connectivity index (χ2v) is 6.04. The van der Waals surface area contributed by atoms with Crippen LogP contribution in [0.2, 0.25) is 0 Å². The molecule has 0 bridgehead atoms. The van der Waals surface area contributed by atoms with Crippen molar-refractivity contribution in [1.29, 1.82) is 0 Å². The molecule has 2 aromatic carbocycles. The van der Waals surface area contributed by atoms with Gasteiger partial charge < -0.3 is 5.32 Å². The molecule has 0 aliphatic rings. The highest BCUT2D eigenvalue weighted by Gasteiger charge is 2.16. The third kappa shape index (κ3) is 2.99. The minimum atomic E-state index is -0.192. The monoisotopic (exact) mass is 299 g/mol. The quantitative estimate of drug-likeness (QED) is 0.688. The summed E-state index contributed by atoms with van der Waals surface area (Å²) in [6, 6.07) is 15.4. The maximum Gasteiger partial charge on any atom is 0.123 e. The second kappa shape index (κ2) is 6.37. The number of rotatable bonds is 5. The van der Waals surface area contributed by atoms with Gasteiger partial charge in [0, 0.05) is 4.70 Å². The molecule has 0 spiro atoms. The summed E-state index contributed by atoms with van der Waals surface area (Å²) in [5.41, 5.74) is 2.37. The number of thiophene rings is 1. The molecule has 0 saturated carbocycles. The third-order valence-electron chi connectivity index (χ3n) is 3.62. The average Bonchev–Trinajstić information content (AvgIpc) is 2.98. The van der Waals surface area contributed by atoms with E-state index < -0.39 is 0 Å². The lowest BCUT2D eigenvalue weighted by molar-refractivity contribution is 0.596. The fourth-order valence-electron chi connectivity index (χ4n) is 2.59. The van der Waals surface area contributed by atoms with Crippen LogP contribution in [0.4, 0.5) is 4.39 Å². The van der Waals surface area contributed by atoms with Crippen LogP contribution in [0, 0.1) is 5.82 Å². The Morgan fingerprint density at radius 3 is 2.67 bits per heavy atom. The maximum absolute atomic E-state index is 13.2. The normalized spacial score (nSPS) is 12.7. The van der Waals surface area contributed by atoms with Gasteiger partial charge in [-0.1, -0.05) is 37.3 Å². The Labute approximate surface area is 128 Å². The molecule has 1 N–H and O–H groups in total. The van der Waals surface area contributed by atoms with Gasteiger partial charge in [-0.3, -0.25) is 0 Å². The van der Waals surface area contributed by atoms with Crippen LogP contribution in [0.3, 0.4) is 0 Å². The summed E-state index contributed by atoms with van der Waals surface area (Å²) in [6.45, 7) is 3.09. The maximum atomic E-state index is 13.2. The number of halogens is 1.